The van der Waals surface area contributed by atoms with Crippen LogP contribution < -0.4 is 10.6 Å². The first-order valence-corrected chi connectivity index (χ1v) is 10.1. The third-order valence-electron chi connectivity index (χ3n) is 4.24. The molecule has 6 nitrogen and oxygen atoms in total. The molecule has 3 N–H and O–H groups in total. The summed E-state index contributed by atoms with van der Waals surface area (Å²) in [6.45, 7) is 5.60. The van der Waals surface area contributed by atoms with Crippen molar-refractivity contribution < 1.29 is 14.3 Å². The fourth-order valence-corrected chi connectivity index (χ4v) is 3.33. The number of carbonyl (C=O) groups is 2. The van der Waals surface area contributed by atoms with Gasteiger partial charge in [-0.1, -0.05) is 34.1 Å². The summed E-state index contributed by atoms with van der Waals surface area (Å²) in [6, 6.07) is 14.4. The number of alkyl carbamates (subject to hydrolysis) is 1. The van der Waals surface area contributed by atoms with E-state index < -0.39 is 17.7 Å². The third kappa shape index (κ3) is 5.60. The third-order valence-corrected chi connectivity index (χ3v) is 4.74. The minimum atomic E-state index is -0.599. The molecule has 0 aliphatic carbocycles. The normalized spacial score (nSPS) is 12.4. The van der Waals surface area contributed by atoms with Gasteiger partial charge in [-0.25, -0.2) is 4.79 Å². The molecular formula is C22H24BrN3O3. The maximum absolute atomic E-state index is 12.8. The molecule has 2 aromatic carbocycles. The summed E-state index contributed by atoms with van der Waals surface area (Å²) in [4.78, 5) is 28.1. The van der Waals surface area contributed by atoms with Gasteiger partial charge in [-0.15, -0.1) is 0 Å². The van der Waals surface area contributed by atoms with Gasteiger partial charge in [-0.2, -0.15) is 0 Å². The first-order valence-electron chi connectivity index (χ1n) is 9.32. The van der Waals surface area contributed by atoms with E-state index in [1.165, 1.54) is 0 Å². The average molecular weight is 458 g/mol. The van der Waals surface area contributed by atoms with Gasteiger partial charge in [0.15, 0.2) is 0 Å². The largest absolute Gasteiger partial charge is 0.444 e. The number of rotatable bonds is 5. The topological polar surface area (TPSA) is 83.2 Å². The molecule has 1 aromatic heterocycles. The molecule has 0 saturated carbocycles. The lowest BCUT2D eigenvalue weighted by atomic mass is 10.0. The Kier molecular flexibility index (Phi) is 6.27. The lowest BCUT2D eigenvalue weighted by Gasteiger charge is -2.23. The van der Waals surface area contributed by atoms with E-state index >= 15 is 0 Å². The summed E-state index contributed by atoms with van der Waals surface area (Å²) < 4.78 is 6.25. The molecule has 2 amide bonds. The molecule has 7 heteroatoms. The number of fused-ring (bicyclic) bond motifs is 1. The molecule has 0 fully saturated rings. The van der Waals surface area contributed by atoms with Crippen LogP contribution in [0.4, 0.5) is 4.79 Å². The maximum atomic E-state index is 12.8. The first kappa shape index (κ1) is 20.9. The number of benzene rings is 2. The molecule has 1 atom stereocenters. The van der Waals surface area contributed by atoms with Gasteiger partial charge in [-0.05, 0) is 51.1 Å². The molecule has 3 aromatic rings. The van der Waals surface area contributed by atoms with Crippen molar-refractivity contribution in [1.29, 1.82) is 0 Å². The molecule has 29 heavy (non-hydrogen) atoms. The van der Waals surface area contributed by atoms with Crippen LogP contribution in [0.1, 0.15) is 42.7 Å². The van der Waals surface area contributed by atoms with Crippen molar-refractivity contribution in [3.63, 3.8) is 0 Å². The molecule has 0 radical (unpaired) electrons. The van der Waals surface area contributed by atoms with Gasteiger partial charge < -0.3 is 20.4 Å². The van der Waals surface area contributed by atoms with E-state index in [1.54, 1.807) is 32.9 Å². The Labute approximate surface area is 178 Å². The Morgan fingerprint density at radius 2 is 1.86 bits per heavy atom. The zero-order valence-electron chi connectivity index (χ0n) is 16.6. The number of aromatic nitrogens is 1. The summed E-state index contributed by atoms with van der Waals surface area (Å²) in [5.74, 6) is -0.217. The molecule has 0 spiro atoms. The van der Waals surface area contributed by atoms with Crippen molar-refractivity contribution in [3.8, 4) is 0 Å². The van der Waals surface area contributed by atoms with Crippen molar-refractivity contribution in [1.82, 2.24) is 15.6 Å². The summed E-state index contributed by atoms with van der Waals surface area (Å²) in [5.41, 5.74) is 1.77. The van der Waals surface area contributed by atoms with Crippen LogP contribution >= 0.6 is 15.9 Å². The Balaban J connectivity index is 1.85. The minimum Gasteiger partial charge on any atom is -0.444 e. The molecule has 0 aliphatic heterocycles. The van der Waals surface area contributed by atoms with Gasteiger partial charge in [0.1, 0.15) is 5.60 Å². The molecule has 0 aliphatic rings. The zero-order valence-corrected chi connectivity index (χ0v) is 18.2. The molecule has 0 saturated heterocycles. The number of nitrogens with one attached hydrogen (secondary N) is 3. The van der Waals surface area contributed by atoms with Crippen molar-refractivity contribution >= 4 is 38.8 Å². The summed E-state index contributed by atoms with van der Waals surface area (Å²) in [5, 5.41) is 6.75. The first-order chi connectivity index (χ1) is 13.7. The summed E-state index contributed by atoms with van der Waals surface area (Å²) in [6.07, 6.45) is 1.32. The van der Waals surface area contributed by atoms with Crippen LogP contribution in [-0.2, 0) is 4.74 Å². The Morgan fingerprint density at radius 3 is 2.55 bits per heavy atom. The van der Waals surface area contributed by atoms with Gasteiger partial charge in [0, 0.05) is 39.2 Å². The Morgan fingerprint density at radius 1 is 1.14 bits per heavy atom. The molecule has 3 rings (SSSR count). The number of amides is 2. The highest BCUT2D eigenvalue weighted by Crippen LogP contribution is 2.27. The smallest absolute Gasteiger partial charge is 0.407 e. The summed E-state index contributed by atoms with van der Waals surface area (Å²) >= 11 is 3.49. The van der Waals surface area contributed by atoms with E-state index in [0.29, 0.717) is 5.56 Å². The summed E-state index contributed by atoms with van der Waals surface area (Å²) in [7, 11) is 0. The van der Waals surface area contributed by atoms with Gasteiger partial charge in [0.05, 0.1) is 6.04 Å². The van der Waals surface area contributed by atoms with Crippen LogP contribution in [0.3, 0.4) is 0 Å². The second-order valence-electron chi connectivity index (χ2n) is 7.71. The van der Waals surface area contributed by atoms with Gasteiger partial charge >= 0.3 is 6.09 Å². The second kappa shape index (κ2) is 8.69. The highest BCUT2D eigenvalue weighted by molar-refractivity contribution is 9.10. The molecule has 1 unspecified atom stereocenters. The van der Waals surface area contributed by atoms with Gasteiger partial charge in [-0.3, -0.25) is 4.79 Å². The van der Waals surface area contributed by atoms with E-state index in [0.717, 1.165) is 20.9 Å². The van der Waals surface area contributed by atoms with Crippen molar-refractivity contribution in [2.75, 3.05) is 6.54 Å². The van der Waals surface area contributed by atoms with E-state index in [2.05, 4.69) is 31.5 Å². The SMILES string of the molecule is CC(C)(C)OC(=O)NCC(NC(=O)c1ccccc1)c1c[nH]c2ccc(Br)cc12. The number of carbonyl (C=O) groups excluding carboxylic acids is 2. The minimum absolute atomic E-state index is 0.187. The highest BCUT2D eigenvalue weighted by atomic mass is 79.9. The van der Waals surface area contributed by atoms with Crippen LogP contribution in [-0.4, -0.2) is 29.1 Å². The fraction of sp³-hybridized carbons (Fsp3) is 0.273. The van der Waals surface area contributed by atoms with E-state index in [9.17, 15) is 9.59 Å². The van der Waals surface area contributed by atoms with E-state index in [4.69, 9.17) is 4.74 Å². The fourth-order valence-electron chi connectivity index (χ4n) is 2.97. The van der Waals surface area contributed by atoms with Crippen LogP contribution in [0.15, 0.2) is 59.2 Å². The van der Waals surface area contributed by atoms with E-state index in [1.807, 2.05) is 42.6 Å². The number of hydrogen-bond acceptors (Lipinski definition) is 3. The van der Waals surface area contributed by atoms with Crippen LogP contribution in [0.2, 0.25) is 0 Å². The highest BCUT2D eigenvalue weighted by Gasteiger charge is 2.22. The van der Waals surface area contributed by atoms with Crippen molar-refractivity contribution in [2.24, 2.45) is 0 Å². The van der Waals surface area contributed by atoms with Crippen LogP contribution in [0, 0.1) is 0 Å². The average Bonchev–Trinajstić information content (AvgIpc) is 3.07. The number of H-pyrrole nitrogens is 1. The maximum Gasteiger partial charge on any atom is 0.407 e. The molecule has 0 bridgehead atoms. The van der Waals surface area contributed by atoms with Gasteiger partial charge in [0.25, 0.3) is 5.91 Å². The standard InChI is InChI=1S/C22H24BrN3O3/c1-22(2,3)29-21(28)25-13-19(26-20(27)14-7-5-4-6-8-14)17-12-24-18-10-9-15(23)11-16(17)18/h4-12,19,24H,13H2,1-3H3,(H,25,28)(H,26,27). The quantitative estimate of drug-likeness (QED) is 0.507. The lowest BCUT2D eigenvalue weighted by Crippen LogP contribution is -2.40. The molecule has 1 heterocycles. The predicted molar refractivity (Wildman–Crippen MR) is 117 cm³/mol. The molecule has 152 valence electrons. The number of hydrogen-bond donors (Lipinski definition) is 3. The lowest BCUT2D eigenvalue weighted by molar-refractivity contribution is 0.0520. The second-order valence-corrected chi connectivity index (χ2v) is 8.62. The number of aromatic amines is 1. The van der Waals surface area contributed by atoms with Gasteiger partial charge in [0.2, 0.25) is 0 Å². The molecular weight excluding hydrogens is 434 g/mol. The monoisotopic (exact) mass is 457 g/mol. The van der Waals surface area contributed by atoms with Crippen LogP contribution in [0.25, 0.3) is 10.9 Å². The number of halogens is 1. The number of ether oxygens (including phenoxy) is 1. The van der Waals surface area contributed by atoms with Crippen LogP contribution in [0.5, 0.6) is 0 Å². The van der Waals surface area contributed by atoms with Crippen molar-refractivity contribution in [3.05, 3.63) is 70.3 Å². The predicted octanol–water partition coefficient (Wildman–Crippen LogP) is 4.93. The Hall–Kier alpha value is -2.80. The van der Waals surface area contributed by atoms with Crippen molar-refractivity contribution in [2.45, 2.75) is 32.4 Å². The Bertz CT molecular complexity index is 1010. The van der Waals surface area contributed by atoms with E-state index in [-0.39, 0.29) is 12.5 Å². The zero-order chi connectivity index (χ0) is 21.0.